The largest absolute Gasteiger partial charge is 0.495 e. The number of nitrogens with one attached hydrogen (secondary N) is 2. The molecule has 20 heavy (non-hydrogen) atoms. The number of hydrogen-bond acceptors (Lipinski definition) is 4. The van der Waals surface area contributed by atoms with E-state index in [4.69, 9.17) is 9.47 Å². The summed E-state index contributed by atoms with van der Waals surface area (Å²) in [4.78, 5) is 23.3. The van der Waals surface area contributed by atoms with E-state index in [2.05, 4.69) is 10.6 Å². The van der Waals surface area contributed by atoms with Crippen molar-refractivity contribution >= 4 is 17.5 Å². The van der Waals surface area contributed by atoms with Crippen LogP contribution in [-0.4, -0.2) is 39.2 Å². The number of carbonyl (C=O) groups excluding carboxylic acids is 2. The zero-order valence-electron chi connectivity index (χ0n) is 12.0. The Morgan fingerprint density at radius 1 is 1.20 bits per heavy atom. The molecular weight excluding hydrogens is 260 g/mol. The quantitative estimate of drug-likeness (QED) is 0.579. The zero-order chi connectivity index (χ0) is 15.0. The van der Waals surface area contributed by atoms with Crippen LogP contribution < -0.4 is 15.4 Å². The topological polar surface area (TPSA) is 76.7 Å². The van der Waals surface area contributed by atoms with Crippen LogP contribution in [0.2, 0.25) is 0 Å². The van der Waals surface area contributed by atoms with Gasteiger partial charge in [-0.1, -0.05) is 6.07 Å². The summed E-state index contributed by atoms with van der Waals surface area (Å²) >= 11 is 0. The Morgan fingerprint density at radius 3 is 2.60 bits per heavy atom. The van der Waals surface area contributed by atoms with Gasteiger partial charge in [-0.25, -0.2) is 0 Å². The summed E-state index contributed by atoms with van der Waals surface area (Å²) in [6.45, 7) is 2.71. The molecule has 0 aliphatic carbocycles. The van der Waals surface area contributed by atoms with E-state index < -0.39 is 0 Å². The molecule has 1 rings (SSSR count). The number of methoxy groups -OCH3 is 2. The first-order chi connectivity index (χ1) is 9.56. The Bertz CT molecular complexity index is 474. The van der Waals surface area contributed by atoms with Crippen LogP contribution in [0.25, 0.3) is 0 Å². The van der Waals surface area contributed by atoms with Gasteiger partial charge >= 0.3 is 0 Å². The fourth-order valence-corrected chi connectivity index (χ4v) is 1.61. The van der Waals surface area contributed by atoms with E-state index in [0.717, 1.165) is 5.56 Å². The minimum Gasteiger partial charge on any atom is -0.495 e. The fraction of sp³-hybridized carbons (Fsp3) is 0.429. The van der Waals surface area contributed by atoms with Crippen LogP contribution in [0, 0.1) is 6.92 Å². The third kappa shape index (κ3) is 5.27. The average Bonchev–Trinajstić information content (AvgIpc) is 2.39. The van der Waals surface area contributed by atoms with Crippen molar-refractivity contribution < 1.29 is 19.1 Å². The molecule has 0 heterocycles. The number of carbonyl (C=O) groups is 2. The number of rotatable bonds is 7. The highest BCUT2D eigenvalue weighted by molar-refractivity contribution is 6.04. The van der Waals surface area contributed by atoms with E-state index in [-0.39, 0.29) is 18.2 Å². The van der Waals surface area contributed by atoms with Gasteiger partial charge in [0, 0.05) is 13.7 Å². The lowest BCUT2D eigenvalue weighted by molar-refractivity contribution is -0.126. The van der Waals surface area contributed by atoms with Crippen LogP contribution in [0.5, 0.6) is 5.75 Å². The molecule has 0 saturated heterocycles. The van der Waals surface area contributed by atoms with E-state index >= 15 is 0 Å². The summed E-state index contributed by atoms with van der Waals surface area (Å²) in [5.41, 5.74) is 1.55. The second kappa shape index (κ2) is 8.16. The van der Waals surface area contributed by atoms with E-state index in [0.29, 0.717) is 24.6 Å². The van der Waals surface area contributed by atoms with Gasteiger partial charge in [-0.05, 0) is 24.6 Å². The number of benzene rings is 1. The highest BCUT2D eigenvalue weighted by Crippen LogP contribution is 2.25. The predicted octanol–water partition coefficient (Wildman–Crippen LogP) is 1.09. The van der Waals surface area contributed by atoms with Crippen LogP contribution in [0.4, 0.5) is 5.69 Å². The number of ether oxygens (including phenoxy) is 2. The number of aryl methyl sites for hydroxylation is 1. The molecule has 0 aromatic heterocycles. The molecular formula is C14H20N2O4. The van der Waals surface area contributed by atoms with Gasteiger partial charge in [0.15, 0.2) is 0 Å². The molecule has 0 radical (unpaired) electrons. The third-order valence-electron chi connectivity index (χ3n) is 2.58. The maximum atomic E-state index is 11.8. The molecule has 110 valence electrons. The van der Waals surface area contributed by atoms with Crippen LogP contribution >= 0.6 is 0 Å². The molecule has 6 nitrogen and oxygen atoms in total. The monoisotopic (exact) mass is 280 g/mol. The summed E-state index contributed by atoms with van der Waals surface area (Å²) in [6, 6.07) is 5.44. The molecule has 0 aliphatic rings. The van der Waals surface area contributed by atoms with Crippen molar-refractivity contribution in [3.8, 4) is 5.75 Å². The van der Waals surface area contributed by atoms with Gasteiger partial charge in [-0.2, -0.15) is 0 Å². The molecule has 0 spiro atoms. The summed E-state index contributed by atoms with van der Waals surface area (Å²) in [6.07, 6.45) is -0.235. The molecule has 0 unspecified atom stereocenters. The van der Waals surface area contributed by atoms with Crippen LogP contribution in [0.3, 0.4) is 0 Å². The van der Waals surface area contributed by atoms with Gasteiger partial charge in [0.2, 0.25) is 11.8 Å². The first kappa shape index (κ1) is 16.0. The number of anilines is 1. The normalized spacial score (nSPS) is 9.95. The predicted molar refractivity (Wildman–Crippen MR) is 75.9 cm³/mol. The summed E-state index contributed by atoms with van der Waals surface area (Å²) in [7, 11) is 3.07. The lowest BCUT2D eigenvalue weighted by atomic mass is 10.2. The number of hydrogen-bond donors (Lipinski definition) is 2. The van der Waals surface area contributed by atoms with Gasteiger partial charge < -0.3 is 20.1 Å². The Morgan fingerprint density at radius 2 is 1.95 bits per heavy atom. The van der Waals surface area contributed by atoms with Gasteiger partial charge in [0.05, 0.1) is 19.4 Å². The average molecular weight is 280 g/mol. The standard InChI is InChI=1S/C14H20N2O4/c1-10-4-5-12(20-3)11(8-10)16-14(18)9-13(17)15-6-7-19-2/h4-5,8H,6-7,9H2,1-3H3,(H,15,17)(H,16,18). The zero-order valence-corrected chi connectivity index (χ0v) is 12.0. The lowest BCUT2D eigenvalue weighted by Gasteiger charge is -2.11. The lowest BCUT2D eigenvalue weighted by Crippen LogP contribution is -2.30. The highest BCUT2D eigenvalue weighted by Gasteiger charge is 2.11. The van der Waals surface area contributed by atoms with Crippen molar-refractivity contribution in [3.63, 3.8) is 0 Å². The SMILES string of the molecule is COCCNC(=O)CC(=O)Nc1cc(C)ccc1OC. The molecule has 0 aliphatic heterocycles. The molecule has 2 amide bonds. The smallest absolute Gasteiger partial charge is 0.233 e. The van der Waals surface area contributed by atoms with E-state index in [9.17, 15) is 9.59 Å². The molecule has 6 heteroatoms. The third-order valence-corrected chi connectivity index (χ3v) is 2.58. The van der Waals surface area contributed by atoms with Gasteiger partial charge in [0.1, 0.15) is 12.2 Å². The van der Waals surface area contributed by atoms with Crippen molar-refractivity contribution in [2.24, 2.45) is 0 Å². The summed E-state index contributed by atoms with van der Waals surface area (Å²) < 4.78 is 9.96. The number of amides is 2. The van der Waals surface area contributed by atoms with Crippen molar-refractivity contribution in [1.82, 2.24) is 5.32 Å². The highest BCUT2D eigenvalue weighted by atomic mass is 16.5. The van der Waals surface area contributed by atoms with Crippen molar-refractivity contribution in [2.45, 2.75) is 13.3 Å². The fourth-order valence-electron chi connectivity index (χ4n) is 1.61. The molecule has 0 atom stereocenters. The Balaban J connectivity index is 2.53. The van der Waals surface area contributed by atoms with E-state index in [1.54, 1.807) is 19.2 Å². The minimum atomic E-state index is -0.385. The van der Waals surface area contributed by atoms with Crippen molar-refractivity contribution in [3.05, 3.63) is 23.8 Å². The van der Waals surface area contributed by atoms with Crippen molar-refractivity contribution in [1.29, 1.82) is 0 Å². The Hall–Kier alpha value is -2.08. The molecule has 0 fully saturated rings. The van der Waals surface area contributed by atoms with Gasteiger partial charge in [-0.3, -0.25) is 9.59 Å². The van der Waals surface area contributed by atoms with E-state index in [1.807, 2.05) is 13.0 Å². The first-order valence-corrected chi connectivity index (χ1v) is 6.27. The van der Waals surface area contributed by atoms with Crippen LogP contribution in [0.1, 0.15) is 12.0 Å². The second-order valence-corrected chi connectivity index (χ2v) is 4.27. The van der Waals surface area contributed by atoms with E-state index in [1.165, 1.54) is 7.11 Å². The Kier molecular flexibility index (Phi) is 6.52. The van der Waals surface area contributed by atoms with Gasteiger partial charge in [-0.15, -0.1) is 0 Å². The van der Waals surface area contributed by atoms with Crippen molar-refractivity contribution in [2.75, 3.05) is 32.7 Å². The molecule has 2 N–H and O–H groups in total. The summed E-state index contributed by atoms with van der Waals surface area (Å²) in [5.74, 6) is -0.168. The van der Waals surface area contributed by atoms with Gasteiger partial charge in [0.25, 0.3) is 0 Å². The summed E-state index contributed by atoms with van der Waals surface area (Å²) in [5, 5.41) is 5.25. The minimum absolute atomic E-state index is 0.235. The second-order valence-electron chi connectivity index (χ2n) is 4.27. The van der Waals surface area contributed by atoms with Crippen LogP contribution in [-0.2, 0) is 14.3 Å². The van der Waals surface area contributed by atoms with Crippen LogP contribution in [0.15, 0.2) is 18.2 Å². The maximum Gasteiger partial charge on any atom is 0.233 e. The maximum absolute atomic E-state index is 11.8. The molecule has 0 bridgehead atoms. The molecule has 0 saturated carbocycles. The Labute approximate surface area is 118 Å². The first-order valence-electron chi connectivity index (χ1n) is 6.27. The molecule has 1 aromatic rings. The molecule has 1 aromatic carbocycles.